The summed E-state index contributed by atoms with van der Waals surface area (Å²) in [5.74, 6) is 1.90. The highest BCUT2D eigenvalue weighted by Gasteiger charge is 2.04. The molecular weight excluding hydrogens is 245 g/mol. The summed E-state index contributed by atoms with van der Waals surface area (Å²) in [6.45, 7) is 1.24. The van der Waals surface area contributed by atoms with E-state index in [0.717, 1.165) is 0 Å². The maximum atomic E-state index is 10.2. The molecule has 4 heteroatoms. The van der Waals surface area contributed by atoms with Gasteiger partial charge in [-0.25, -0.2) is 0 Å². The van der Waals surface area contributed by atoms with Gasteiger partial charge in [0, 0.05) is 29.5 Å². The molecule has 1 unspecified atom stereocenters. The Morgan fingerprint density at radius 2 is 2.40 bits per heavy atom. The van der Waals surface area contributed by atoms with E-state index in [2.05, 4.69) is 14.6 Å². The number of nitriles is 1. The van der Waals surface area contributed by atoms with E-state index in [1.807, 2.05) is 0 Å². The molecular formula is C6H4INO2. The molecule has 0 bridgehead atoms. The largest absolute Gasteiger partial charge is 0.435 e. The van der Waals surface area contributed by atoms with Gasteiger partial charge in [0.15, 0.2) is 0 Å². The highest BCUT2D eigenvalue weighted by Crippen LogP contribution is 1.89. The highest BCUT2D eigenvalue weighted by molar-refractivity contribution is 14.1. The van der Waals surface area contributed by atoms with Crippen LogP contribution in [0.3, 0.4) is 0 Å². The standard InChI is InChI=1S/C6H4INO2/c1-5(9)10-6(4-8)2-3-7/h6H,1H3. The van der Waals surface area contributed by atoms with Gasteiger partial charge < -0.3 is 4.74 Å². The van der Waals surface area contributed by atoms with Gasteiger partial charge in [-0.3, -0.25) is 4.79 Å². The molecule has 0 aromatic carbocycles. The van der Waals surface area contributed by atoms with Gasteiger partial charge >= 0.3 is 5.97 Å². The molecule has 0 amide bonds. The number of nitrogens with zero attached hydrogens (tertiary/aromatic N) is 1. The molecule has 0 saturated heterocycles. The van der Waals surface area contributed by atoms with Crippen molar-refractivity contribution in [2.45, 2.75) is 13.0 Å². The smallest absolute Gasteiger partial charge is 0.304 e. The van der Waals surface area contributed by atoms with Crippen molar-refractivity contribution in [1.29, 1.82) is 5.26 Å². The fraction of sp³-hybridized carbons (Fsp3) is 0.333. The first-order valence-corrected chi connectivity index (χ1v) is 3.46. The topological polar surface area (TPSA) is 50.1 Å². The van der Waals surface area contributed by atoms with Crippen molar-refractivity contribution >= 4 is 28.6 Å². The molecule has 0 N–H and O–H groups in total. The van der Waals surface area contributed by atoms with Crippen LogP contribution in [0.5, 0.6) is 0 Å². The Hall–Kier alpha value is -0.750. The van der Waals surface area contributed by atoms with E-state index in [1.165, 1.54) is 6.92 Å². The van der Waals surface area contributed by atoms with Crippen molar-refractivity contribution in [3.63, 3.8) is 0 Å². The number of halogens is 1. The van der Waals surface area contributed by atoms with E-state index >= 15 is 0 Å². The molecule has 0 rings (SSSR count). The second kappa shape index (κ2) is 5.07. The lowest BCUT2D eigenvalue weighted by Crippen LogP contribution is -2.11. The van der Waals surface area contributed by atoms with Crippen molar-refractivity contribution in [3.8, 4) is 15.9 Å². The van der Waals surface area contributed by atoms with Crippen molar-refractivity contribution in [2.24, 2.45) is 0 Å². The van der Waals surface area contributed by atoms with Crippen molar-refractivity contribution < 1.29 is 9.53 Å². The van der Waals surface area contributed by atoms with Gasteiger partial charge in [-0.05, 0) is 9.85 Å². The number of rotatable bonds is 1. The van der Waals surface area contributed by atoms with Crippen LogP contribution in [-0.4, -0.2) is 12.1 Å². The van der Waals surface area contributed by atoms with Crippen LogP contribution in [0.2, 0.25) is 0 Å². The Labute approximate surface area is 72.5 Å². The van der Waals surface area contributed by atoms with E-state index in [1.54, 1.807) is 28.7 Å². The second-order valence-corrected chi connectivity index (χ2v) is 1.90. The zero-order chi connectivity index (χ0) is 7.98. The van der Waals surface area contributed by atoms with Crippen molar-refractivity contribution in [3.05, 3.63) is 0 Å². The third-order valence-corrected chi connectivity index (χ3v) is 0.898. The molecule has 0 fully saturated rings. The predicted molar refractivity (Wildman–Crippen MR) is 43.0 cm³/mol. The van der Waals surface area contributed by atoms with Gasteiger partial charge in [0.25, 0.3) is 0 Å². The number of hydrogen-bond donors (Lipinski definition) is 0. The number of esters is 1. The summed E-state index contributed by atoms with van der Waals surface area (Å²) in [4.78, 5) is 10.2. The molecule has 0 aliphatic heterocycles. The minimum absolute atomic E-state index is 0.495. The van der Waals surface area contributed by atoms with Gasteiger partial charge in [-0.15, -0.1) is 0 Å². The van der Waals surface area contributed by atoms with Crippen LogP contribution in [0.1, 0.15) is 6.92 Å². The minimum atomic E-state index is -0.922. The van der Waals surface area contributed by atoms with Crippen LogP contribution in [0.15, 0.2) is 0 Å². The lowest BCUT2D eigenvalue weighted by Gasteiger charge is -1.98. The summed E-state index contributed by atoms with van der Waals surface area (Å²) in [5, 5.41) is 8.27. The molecule has 52 valence electrons. The van der Waals surface area contributed by atoms with Crippen LogP contribution in [0.4, 0.5) is 0 Å². The monoisotopic (exact) mass is 249 g/mol. The first-order valence-electron chi connectivity index (χ1n) is 2.38. The van der Waals surface area contributed by atoms with Crippen LogP contribution in [-0.2, 0) is 9.53 Å². The Morgan fingerprint density at radius 1 is 1.80 bits per heavy atom. The summed E-state index contributed by atoms with van der Waals surface area (Å²) in [6, 6.07) is 1.71. The molecule has 0 aliphatic rings. The first-order chi connectivity index (χ1) is 4.70. The quantitative estimate of drug-likeness (QED) is 0.393. The third-order valence-electron chi connectivity index (χ3n) is 0.587. The Bertz CT molecular complexity index is 220. The van der Waals surface area contributed by atoms with Crippen molar-refractivity contribution in [1.82, 2.24) is 0 Å². The number of carbonyl (C=O) groups is 1. The Morgan fingerprint density at radius 3 is 2.70 bits per heavy atom. The molecule has 0 aromatic rings. The maximum Gasteiger partial charge on any atom is 0.304 e. The SMILES string of the molecule is CC(=O)OC(C#N)C#CI. The van der Waals surface area contributed by atoms with E-state index in [-0.39, 0.29) is 0 Å². The third kappa shape index (κ3) is 4.16. The summed E-state index contributed by atoms with van der Waals surface area (Å²) < 4.78 is 6.91. The molecule has 1 atom stereocenters. The first kappa shape index (κ1) is 9.25. The van der Waals surface area contributed by atoms with Gasteiger partial charge in [0.05, 0.1) is 0 Å². The molecule has 10 heavy (non-hydrogen) atoms. The zero-order valence-corrected chi connectivity index (χ0v) is 7.38. The van der Waals surface area contributed by atoms with Gasteiger partial charge in [0.2, 0.25) is 6.10 Å². The zero-order valence-electron chi connectivity index (χ0n) is 5.22. The fourth-order valence-electron chi connectivity index (χ4n) is 0.304. The number of hydrogen-bond acceptors (Lipinski definition) is 3. The maximum absolute atomic E-state index is 10.2. The highest BCUT2D eigenvalue weighted by atomic mass is 127. The van der Waals surface area contributed by atoms with Crippen LogP contribution < -0.4 is 0 Å². The number of carbonyl (C=O) groups excluding carboxylic acids is 1. The minimum Gasteiger partial charge on any atom is -0.435 e. The molecule has 0 aromatic heterocycles. The fourth-order valence-corrected chi connectivity index (χ4v) is 0.586. The average molecular weight is 249 g/mol. The van der Waals surface area contributed by atoms with Gasteiger partial charge in [-0.1, -0.05) is 0 Å². The van der Waals surface area contributed by atoms with E-state index in [4.69, 9.17) is 5.26 Å². The van der Waals surface area contributed by atoms with E-state index in [0.29, 0.717) is 0 Å². The average Bonchev–Trinajstić information content (AvgIpc) is 1.86. The van der Waals surface area contributed by atoms with Crippen LogP contribution in [0, 0.1) is 21.2 Å². The lowest BCUT2D eigenvalue weighted by atomic mass is 10.4. The molecule has 3 nitrogen and oxygen atoms in total. The molecule has 0 heterocycles. The van der Waals surface area contributed by atoms with Gasteiger partial charge in [-0.2, -0.15) is 5.26 Å². The summed E-state index contributed by atoms with van der Waals surface area (Å²) in [5.41, 5.74) is 0. The van der Waals surface area contributed by atoms with E-state index in [9.17, 15) is 4.79 Å². The second-order valence-electron chi connectivity index (χ2n) is 1.36. The predicted octanol–water partition coefficient (Wildman–Crippen LogP) is 0.838. The summed E-state index contributed by atoms with van der Waals surface area (Å²) in [6.07, 6.45) is -0.922. The molecule has 0 saturated carbocycles. The Kier molecular flexibility index (Phi) is 4.69. The lowest BCUT2D eigenvalue weighted by molar-refractivity contribution is -0.141. The van der Waals surface area contributed by atoms with Crippen molar-refractivity contribution in [2.75, 3.05) is 0 Å². The molecule has 0 aliphatic carbocycles. The van der Waals surface area contributed by atoms with E-state index < -0.39 is 12.1 Å². The molecule has 0 spiro atoms. The van der Waals surface area contributed by atoms with Crippen LogP contribution in [0.25, 0.3) is 0 Å². The molecule has 0 radical (unpaired) electrons. The summed E-state index contributed by atoms with van der Waals surface area (Å²) in [7, 11) is 0. The number of ether oxygens (including phenoxy) is 1. The Balaban J connectivity index is 3.95. The van der Waals surface area contributed by atoms with Gasteiger partial charge in [0.1, 0.15) is 6.07 Å². The van der Waals surface area contributed by atoms with Crippen LogP contribution >= 0.6 is 22.6 Å². The normalized spacial score (nSPS) is 10.1. The summed E-state index contributed by atoms with van der Waals surface area (Å²) >= 11 is 1.77.